The number of unbranched alkanes of at least 4 members (excludes halogenated alkanes) is 1. The van der Waals surface area contributed by atoms with Crippen LogP contribution in [0.1, 0.15) is 62.5 Å². The number of carbonyl (C=O) groups is 3. The first-order chi connectivity index (χ1) is 13.4. The molecule has 0 amide bonds. The van der Waals surface area contributed by atoms with Gasteiger partial charge in [0.2, 0.25) is 0 Å². The van der Waals surface area contributed by atoms with E-state index in [0.717, 1.165) is 0 Å². The lowest BCUT2D eigenvalue weighted by molar-refractivity contribution is -0.140. The van der Waals surface area contributed by atoms with Crippen molar-refractivity contribution in [3.8, 4) is 0 Å². The van der Waals surface area contributed by atoms with Crippen molar-refractivity contribution >= 4 is 17.7 Å². The highest BCUT2D eigenvalue weighted by Crippen LogP contribution is 2.31. The van der Waals surface area contributed by atoms with Gasteiger partial charge in [0.25, 0.3) is 0 Å². The maximum Gasteiger partial charge on any atom is 0.304 e. The van der Waals surface area contributed by atoms with E-state index in [2.05, 4.69) is 13.8 Å². The number of carbonyl (C=O) groups excluding carboxylic acids is 1. The van der Waals surface area contributed by atoms with E-state index in [1.807, 2.05) is 0 Å². The largest absolute Gasteiger partial charge is 0.481 e. The van der Waals surface area contributed by atoms with Crippen LogP contribution in [-0.2, 0) is 14.4 Å². The molecule has 0 aliphatic heterocycles. The van der Waals surface area contributed by atoms with Crippen molar-refractivity contribution in [1.82, 2.24) is 0 Å². The van der Waals surface area contributed by atoms with Crippen molar-refractivity contribution in [3.63, 3.8) is 0 Å². The van der Waals surface area contributed by atoms with Crippen molar-refractivity contribution in [1.29, 1.82) is 0 Å². The molecule has 0 saturated heterocycles. The average Bonchev–Trinajstić information content (AvgIpc) is 2.71. The van der Waals surface area contributed by atoms with Crippen LogP contribution in [0, 0.1) is 0 Å². The number of benzene rings is 2. The maximum atomic E-state index is 13.0. The molecular weight excluding hydrogens is 356 g/mol. The van der Waals surface area contributed by atoms with E-state index in [1.165, 1.54) is 12.8 Å². The molecule has 2 unspecified atom stereocenters. The van der Waals surface area contributed by atoms with Crippen molar-refractivity contribution in [3.05, 3.63) is 71.8 Å². The molecule has 2 atom stereocenters. The Hall–Kier alpha value is -2.95. The SMILES string of the molecule is CCCC.O=C(O)CC(C(=O)C(CC(=O)O)c1ccccc1)c1ccccc1. The lowest BCUT2D eigenvalue weighted by Crippen LogP contribution is -2.25. The highest BCUT2D eigenvalue weighted by molar-refractivity contribution is 5.96. The van der Waals surface area contributed by atoms with Crippen LogP contribution in [0.2, 0.25) is 0 Å². The molecule has 2 rings (SSSR count). The first kappa shape index (κ1) is 23.1. The van der Waals surface area contributed by atoms with E-state index in [-0.39, 0.29) is 12.8 Å². The molecule has 150 valence electrons. The van der Waals surface area contributed by atoms with Gasteiger partial charge in [0.05, 0.1) is 24.7 Å². The van der Waals surface area contributed by atoms with Crippen LogP contribution in [0.4, 0.5) is 0 Å². The van der Waals surface area contributed by atoms with E-state index in [9.17, 15) is 14.4 Å². The monoisotopic (exact) mass is 384 g/mol. The summed E-state index contributed by atoms with van der Waals surface area (Å²) >= 11 is 0. The molecule has 5 nitrogen and oxygen atoms in total. The summed E-state index contributed by atoms with van der Waals surface area (Å²) in [5.41, 5.74) is 1.16. The number of Topliss-reactive ketones (excluding diaryl/α,β-unsaturated/α-hetero) is 1. The Morgan fingerprint density at radius 1 is 0.679 bits per heavy atom. The third-order valence-electron chi connectivity index (χ3n) is 4.35. The molecule has 0 spiro atoms. The molecule has 5 heteroatoms. The molecule has 0 aliphatic carbocycles. The zero-order chi connectivity index (χ0) is 20.9. The summed E-state index contributed by atoms with van der Waals surface area (Å²) in [6.07, 6.45) is 1.90. The van der Waals surface area contributed by atoms with Crippen molar-refractivity contribution in [2.24, 2.45) is 0 Å². The third kappa shape index (κ3) is 7.74. The Kier molecular flexibility index (Phi) is 10.3. The summed E-state index contributed by atoms with van der Waals surface area (Å²) in [6.45, 7) is 4.36. The minimum absolute atomic E-state index is 0.369. The fraction of sp³-hybridized carbons (Fsp3) is 0.348. The number of carboxylic acid groups (broad SMARTS) is 2. The van der Waals surface area contributed by atoms with Gasteiger partial charge in [-0.1, -0.05) is 87.4 Å². The molecule has 2 aromatic rings. The third-order valence-corrected chi connectivity index (χ3v) is 4.35. The molecule has 2 N–H and O–H groups in total. The predicted molar refractivity (Wildman–Crippen MR) is 108 cm³/mol. The lowest BCUT2D eigenvalue weighted by atomic mass is 9.80. The van der Waals surface area contributed by atoms with Crippen molar-refractivity contribution in [2.45, 2.75) is 51.4 Å². The Balaban J connectivity index is 0.000000892. The van der Waals surface area contributed by atoms with E-state index in [4.69, 9.17) is 10.2 Å². The van der Waals surface area contributed by atoms with Gasteiger partial charge < -0.3 is 10.2 Å². The number of hydrogen-bond donors (Lipinski definition) is 2. The Morgan fingerprint density at radius 3 is 1.25 bits per heavy atom. The summed E-state index contributed by atoms with van der Waals surface area (Å²) in [4.78, 5) is 35.4. The lowest BCUT2D eigenvalue weighted by Gasteiger charge is -2.21. The Bertz CT molecular complexity index is 677. The predicted octanol–water partition coefficient (Wildman–Crippen LogP) is 4.88. The molecule has 0 bridgehead atoms. The number of rotatable bonds is 9. The molecular formula is C23H28O5. The molecule has 0 aliphatic rings. The van der Waals surface area contributed by atoms with Gasteiger partial charge >= 0.3 is 11.9 Å². The molecule has 0 aromatic heterocycles. The summed E-state index contributed by atoms with van der Waals surface area (Å²) in [5, 5.41) is 18.3. The zero-order valence-corrected chi connectivity index (χ0v) is 16.4. The second-order valence-electron chi connectivity index (χ2n) is 6.52. The summed E-state index contributed by atoms with van der Waals surface area (Å²) in [5.74, 6) is -4.35. The minimum Gasteiger partial charge on any atom is -0.481 e. The van der Waals surface area contributed by atoms with Crippen LogP contribution < -0.4 is 0 Å². The molecule has 0 heterocycles. The van der Waals surface area contributed by atoms with Crippen LogP contribution in [0.15, 0.2) is 60.7 Å². The molecule has 2 aromatic carbocycles. The Labute approximate surface area is 166 Å². The zero-order valence-electron chi connectivity index (χ0n) is 16.4. The fourth-order valence-corrected chi connectivity index (χ4v) is 2.73. The molecule has 0 fully saturated rings. The number of carboxylic acids is 2. The average molecular weight is 384 g/mol. The van der Waals surface area contributed by atoms with Gasteiger partial charge in [-0.3, -0.25) is 14.4 Å². The highest BCUT2D eigenvalue weighted by atomic mass is 16.4. The Morgan fingerprint density at radius 2 is 1.00 bits per heavy atom. The standard InChI is InChI=1S/C19H18O5.C4H10/c20-17(21)11-15(13-7-3-1-4-8-13)19(24)16(12-18(22)23)14-9-5-2-6-10-14;1-3-4-2/h1-10,15-16H,11-12H2,(H,20,21)(H,22,23);3-4H2,1-2H3. The van der Waals surface area contributed by atoms with Crippen LogP contribution in [0.5, 0.6) is 0 Å². The van der Waals surface area contributed by atoms with Crippen LogP contribution >= 0.6 is 0 Å². The van der Waals surface area contributed by atoms with Crippen LogP contribution in [0.25, 0.3) is 0 Å². The van der Waals surface area contributed by atoms with Gasteiger partial charge in [0.1, 0.15) is 5.78 Å². The summed E-state index contributed by atoms with van der Waals surface area (Å²) < 4.78 is 0. The normalized spacial score (nSPS) is 12.2. The second-order valence-corrected chi connectivity index (χ2v) is 6.52. The van der Waals surface area contributed by atoms with Gasteiger partial charge in [0, 0.05) is 0 Å². The fourth-order valence-electron chi connectivity index (χ4n) is 2.73. The van der Waals surface area contributed by atoms with E-state index in [0.29, 0.717) is 11.1 Å². The van der Waals surface area contributed by atoms with Crippen LogP contribution in [0.3, 0.4) is 0 Å². The highest BCUT2D eigenvalue weighted by Gasteiger charge is 2.32. The first-order valence-corrected chi connectivity index (χ1v) is 9.47. The molecule has 0 saturated carbocycles. The smallest absolute Gasteiger partial charge is 0.304 e. The molecule has 0 radical (unpaired) electrons. The van der Waals surface area contributed by atoms with Crippen LogP contribution in [-0.4, -0.2) is 27.9 Å². The number of aliphatic carboxylic acids is 2. The van der Waals surface area contributed by atoms with Gasteiger partial charge in [0.15, 0.2) is 0 Å². The number of ketones is 1. The second kappa shape index (κ2) is 12.4. The first-order valence-electron chi connectivity index (χ1n) is 9.47. The van der Waals surface area contributed by atoms with Crippen molar-refractivity contribution in [2.75, 3.05) is 0 Å². The number of hydrogen-bond acceptors (Lipinski definition) is 3. The van der Waals surface area contributed by atoms with Gasteiger partial charge in [-0.2, -0.15) is 0 Å². The molecule has 28 heavy (non-hydrogen) atoms. The van der Waals surface area contributed by atoms with E-state index >= 15 is 0 Å². The minimum atomic E-state index is -1.10. The quantitative estimate of drug-likeness (QED) is 0.643. The van der Waals surface area contributed by atoms with Gasteiger partial charge in [-0.25, -0.2) is 0 Å². The van der Waals surface area contributed by atoms with Gasteiger partial charge in [-0.05, 0) is 11.1 Å². The van der Waals surface area contributed by atoms with E-state index < -0.39 is 29.6 Å². The summed E-state index contributed by atoms with van der Waals surface area (Å²) in [6, 6.07) is 17.2. The summed E-state index contributed by atoms with van der Waals surface area (Å²) in [7, 11) is 0. The van der Waals surface area contributed by atoms with Crippen molar-refractivity contribution < 1.29 is 24.6 Å². The van der Waals surface area contributed by atoms with Gasteiger partial charge in [-0.15, -0.1) is 0 Å². The maximum absolute atomic E-state index is 13.0. The topological polar surface area (TPSA) is 91.7 Å². The van der Waals surface area contributed by atoms with E-state index in [1.54, 1.807) is 60.7 Å².